The van der Waals surface area contributed by atoms with E-state index in [9.17, 15) is 9.59 Å². The highest BCUT2D eigenvalue weighted by molar-refractivity contribution is 5.95. The molecule has 0 N–H and O–H groups in total. The number of carbonyl (C=O) groups is 1. The zero-order chi connectivity index (χ0) is 14.8. The summed E-state index contributed by atoms with van der Waals surface area (Å²) in [7, 11) is 1.55. The normalized spacial score (nSPS) is 15.2. The van der Waals surface area contributed by atoms with Crippen LogP contribution in [0.3, 0.4) is 0 Å². The van der Waals surface area contributed by atoms with Crippen LogP contribution in [0.2, 0.25) is 0 Å². The summed E-state index contributed by atoms with van der Waals surface area (Å²) < 4.78 is 15.5. The van der Waals surface area contributed by atoms with Crippen molar-refractivity contribution in [1.29, 1.82) is 0 Å². The molecule has 1 aromatic heterocycles. The summed E-state index contributed by atoms with van der Waals surface area (Å²) in [5, 5.41) is 1.05. The molecule has 6 nitrogen and oxygen atoms in total. The molecule has 1 amide bonds. The quantitative estimate of drug-likeness (QED) is 0.833. The smallest absolute Gasteiger partial charge is 0.344 e. The van der Waals surface area contributed by atoms with Crippen molar-refractivity contribution in [3.8, 4) is 5.75 Å². The van der Waals surface area contributed by atoms with Crippen LogP contribution in [0.25, 0.3) is 10.8 Å². The molecule has 21 heavy (non-hydrogen) atoms. The summed E-state index contributed by atoms with van der Waals surface area (Å²) in [5.74, 6) is 0.376. The summed E-state index contributed by atoms with van der Waals surface area (Å²) >= 11 is 0. The minimum absolute atomic E-state index is 0.0441. The third-order valence-corrected chi connectivity index (χ3v) is 3.48. The predicted octanol–water partition coefficient (Wildman–Crippen LogP) is 1.27. The molecular weight excluding hydrogens is 274 g/mol. The third kappa shape index (κ3) is 2.62. The van der Waals surface area contributed by atoms with E-state index in [1.54, 1.807) is 36.3 Å². The minimum Gasteiger partial charge on any atom is -0.497 e. The summed E-state index contributed by atoms with van der Waals surface area (Å²) in [6.45, 7) is 1.99. The fourth-order valence-electron chi connectivity index (χ4n) is 2.33. The Morgan fingerprint density at radius 2 is 2.00 bits per heavy atom. The molecule has 110 valence electrons. The van der Waals surface area contributed by atoms with Gasteiger partial charge in [-0.1, -0.05) is 0 Å². The van der Waals surface area contributed by atoms with Crippen molar-refractivity contribution in [2.75, 3.05) is 33.4 Å². The van der Waals surface area contributed by atoms with E-state index < -0.39 is 5.63 Å². The van der Waals surface area contributed by atoms with Gasteiger partial charge in [0.15, 0.2) is 5.76 Å². The van der Waals surface area contributed by atoms with Crippen LogP contribution < -0.4 is 10.4 Å². The number of ether oxygens (including phenoxy) is 2. The molecule has 1 aliphatic heterocycles. The molecule has 6 heteroatoms. The fourth-order valence-corrected chi connectivity index (χ4v) is 2.33. The van der Waals surface area contributed by atoms with Gasteiger partial charge in [-0.05, 0) is 29.7 Å². The number of amides is 1. The number of rotatable bonds is 2. The summed E-state index contributed by atoms with van der Waals surface area (Å²) in [5.41, 5.74) is -0.522. The van der Waals surface area contributed by atoms with Crippen molar-refractivity contribution in [3.05, 3.63) is 40.4 Å². The van der Waals surface area contributed by atoms with E-state index >= 15 is 0 Å². The molecule has 2 heterocycles. The van der Waals surface area contributed by atoms with Crippen molar-refractivity contribution in [2.45, 2.75) is 0 Å². The summed E-state index contributed by atoms with van der Waals surface area (Å²) in [6.07, 6.45) is 0. The second-order valence-corrected chi connectivity index (χ2v) is 4.76. The molecule has 0 aliphatic carbocycles. The Bertz CT molecular complexity index is 730. The van der Waals surface area contributed by atoms with Gasteiger partial charge < -0.3 is 18.8 Å². The van der Waals surface area contributed by atoms with Gasteiger partial charge in [0, 0.05) is 13.1 Å². The average Bonchev–Trinajstić information content (AvgIpc) is 2.54. The molecule has 1 aliphatic rings. The van der Waals surface area contributed by atoms with Crippen molar-refractivity contribution >= 4 is 16.7 Å². The Morgan fingerprint density at radius 1 is 1.24 bits per heavy atom. The molecule has 1 saturated heterocycles. The van der Waals surface area contributed by atoms with Gasteiger partial charge in [0.2, 0.25) is 0 Å². The van der Waals surface area contributed by atoms with Gasteiger partial charge in [-0.25, -0.2) is 4.79 Å². The van der Waals surface area contributed by atoms with Crippen LogP contribution in [-0.2, 0) is 4.74 Å². The van der Waals surface area contributed by atoms with Gasteiger partial charge in [0.1, 0.15) is 5.75 Å². The lowest BCUT2D eigenvalue weighted by Crippen LogP contribution is -2.40. The van der Waals surface area contributed by atoms with Gasteiger partial charge >= 0.3 is 5.63 Å². The maximum Gasteiger partial charge on any atom is 0.344 e. The summed E-state index contributed by atoms with van der Waals surface area (Å²) in [4.78, 5) is 26.0. The Labute approximate surface area is 120 Å². The first kappa shape index (κ1) is 13.6. The second kappa shape index (κ2) is 5.57. The first-order chi connectivity index (χ1) is 10.2. The number of hydrogen-bond acceptors (Lipinski definition) is 5. The van der Waals surface area contributed by atoms with E-state index in [1.165, 1.54) is 0 Å². The molecule has 3 rings (SSSR count). The van der Waals surface area contributed by atoms with Crippen molar-refractivity contribution in [2.24, 2.45) is 0 Å². The van der Waals surface area contributed by atoms with Gasteiger partial charge in [0.25, 0.3) is 5.91 Å². The molecule has 0 bridgehead atoms. The Morgan fingerprint density at radius 3 is 2.71 bits per heavy atom. The molecule has 0 radical (unpaired) electrons. The molecule has 0 atom stereocenters. The van der Waals surface area contributed by atoms with E-state index in [-0.39, 0.29) is 11.7 Å². The number of hydrogen-bond donors (Lipinski definition) is 0. The topological polar surface area (TPSA) is 69.0 Å². The highest BCUT2D eigenvalue weighted by atomic mass is 16.5. The lowest BCUT2D eigenvalue weighted by Gasteiger charge is -2.26. The number of methoxy groups -OCH3 is 1. The van der Waals surface area contributed by atoms with Crippen LogP contribution >= 0.6 is 0 Å². The van der Waals surface area contributed by atoms with Crippen LogP contribution in [0, 0.1) is 0 Å². The van der Waals surface area contributed by atoms with E-state index in [2.05, 4.69) is 0 Å². The number of fused-ring (bicyclic) bond motifs is 1. The lowest BCUT2D eigenvalue weighted by atomic mass is 10.1. The predicted molar refractivity (Wildman–Crippen MR) is 75.8 cm³/mol. The molecule has 0 unspecified atom stereocenters. The molecular formula is C15H15NO5. The second-order valence-electron chi connectivity index (χ2n) is 4.76. The van der Waals surface area contributed by atoms with Crippen LogP contribution in [0.4, 0.5) is 0 Å². The number of nitrogens with zero attached hydrogens (tertiary/aromatic N) is 1. The van der Waals surface area contributed by atoms with Crippen LogP contribution in [0.1, 0.15) is 10.6 Å². The standard InChI is InChI=1S/C15H15NO5/c1-19-11-2-3-12-10(8-11)9-13(21-15(12)18)14(17)16-4-6-20-7-5-16/h2-3,8-9H,4-7H2,1H3. The number of benzene rings is 1. The molecule has 1 fully saturated rings. The lowest BCUT2D eigenvalue weighted by molar-refractivity contribution is 0.0280. The monoisotopic (exact) mass is 289 g/mol. The molecule has 1 aromatic carbocycles. The van der Waals surface area contributed by atoms with Crippen molar-refractivity contribution < 1.29 is 18.7 Å². The van der Waals surface area contributed by atoms with Crippen LogP contribution in [0.5, 0.6) is 5.75 Å². The maximum atomic E-state index is 12.4. The number of carbonyl (C=O) groups excluding carboxylic acids is 1. The average molecular weight is 289 g/mol. The first-order valence-corrected chi connectivity index (χ1v) is 6.68. The first-order valence-electron chi connectivity index (χ1n) is 6.68. The zero-order valence-corrected chi connectivity index (χ0v) is 11.6. The highest BCUT2D eigenvalue weighted by Crippen LogP contribution is 2.20. The Kier molecular flexibility index (Phi) is 3.62. The Balaban J connectivity index is 2.02. The zero-order valence-electron chi connectivity index (χ0n) is 11.6. The van der Waals surface area contributed by atoms with Gasteiger partial charge in [-0.2, -0.15) is 0 Å². The molecule has 2 aromatic rings. The van der Waals surface area contributed by atoms with Crippen molar-refractivity contribution in [3.63, 3.8) is 0 Å². The van der Waals surface area contributed by atoms with Crippen LogP contribution in [0.15, 0.2) is 33.5 Å². The van der Waals surface area contributed by atoms with E-state index in [0.29, 0.717) is 42.8 Å². The minimum atomic E-state index is -0.522. The highest BCUT2D eigenvalue weighted by Gasteiger charge is 2.21. The van der Waals surface area contributed by atoms with Gasteiger partial charge in [-0.3, -0.25) is 4.79 Å². The third-order valence-electron chi connectivity index (χ3n) is 3.48. The SMILES string of the molecule is COc1ccc2c(=O)oc(C(=O)N3CCOCC3)cc2c1. The van der Waals surface area contributed by atoms with E-state index in [1.807, 2.05) is 0 Å². The summed E-state index contributed by atoms with van der Waals surface area (Å²) in [6, 6.07) is 6.60. The molecule has 0 saturated carbocycles. The van der Waals surface area contributed by atoms with E-state index in [0.717, 1.165) is 0 Å². The molecule has 0 spiro atoms. The Hall–Kier alpha value is -2.34. The maximum absolute atomic E-state index is 12.4. The van der Waals surface area contributed by atoms with E-state index in [4.69, 9.17) is 13.9 Å². The van der Waals surface area contributed by atoms with Crippen molar-refractivity contribution in [1.82, 2.24) is 4.90 Å². The fraction of sp³-hybridized carbons (Fsp3) is 0.333. The van der Waals surface area contributed by atoms with Gasteiger partial charge in [-0.15, -0.1) is 0 Å². The largest absolute Gasteiger partial charge is 0.497 e. The van der Waals surface area contributed by atoms with Gasteiger partial charge in [0.05, 0.1) is 25.7 Å². The van der Waals surface area contributed by atoms with Crippen LogP contribution in [-0.4, -0.2) is 44.2 Å². The number of morpholine rings is 1.